The number of aromatic nitrogens is 5. The Morgan fingerprint density at radius 1 is 1.04 bits per heavy atom. The maximum Gasteiger partial charge on any atom is 0.238 e. The van der Waals surface area contributed by atoms with Gasteiger partial charge in [-0.15, -0.1) is 10.2 Å². The molecule has 0 aliphatic rings. The van der Waals surface area contributed by atoms with E-state index < -0.39 is 10.0 Å². The van der Waals surface area contributed by atoms with Gasteiger partial charge < -0.3 is 5.73 Å². The van der Waals surface area contributed by atoms with Gasteiger partial charge in [-0.25, -0.2) is 18.5 Å². The van der Waals surface area contributed by atoms with Crippen molar-refractivity contribution in [3.8, 4) is 22.5 Å². The van der Waals surface area contributed by atoms with Crippen molar-refractivity contribution < 1.29 is 8.42 Å². The molecular formula is C16H13N7O2S. The first-order chi connectivity index (χ1) is 12.4. The van der Waals surface area contributed by atoms with Crippen molar-refractivity contribution in [3.63, 3.8) is 0 Å². The number of sulfonamides is 1. The number of H-pyrrole nitrogens is 1. The fourth-order valence-electron chi connectivity index (χ4n) is 2.82. The molecular weight excluding hydrogens is 354 g/mol. The Labute approximate surface area is 148 Å². The molecule has 26 heavy (non-hydrogen) atoms. The average Bonchev–Trinajstić information content (AvgIpc) is 3.14. The summed E-state index contributed by atoms with van der Waals surface area (Å²) in [5.74, 6) is 0.564. The normalized spacial score (nSPS) is 11.7. The highest BCUT2D eigenvalue weighted by Gasteiger charge is 2.22. The number of aromatic amines is 1. The predicted molar refractivity (Wildman–Crippen MR) is 96.1 cm³/mol. The molecule has 0 spiro atoms. The van der Waals surface area contributed by atoms with Crippen molar-refractivity contribution in [1.29, 1.82) is 0 Å². The molecule has 4 rings (SSSR count). The summed E-state index contributed by atoms with van der Waals surface area (Å²) in [6.45, 7) is 0. The minimum absolute atomic E-state index is 0.0769. The molecule has 0 atom stereocenters. The third kappa shape index (κ3) is 2.76. The van der Waals surface area contributed by atoms with Crippen LogP contribution in [0.15, 0.2) is 53.4 Å². The molecule has 4 aromatic rings. The van der Waals surface area contributed by atoms with E-state index in [1.165, 1.54) is 6.07 Å². The topological polar surface area (TPSA) is 154 Å². The molecule has 0 amide bonds. The highest BCUT2D eigenvalue weighted by molar-refractivity contribution is 7.89. The van der Waals surface area contributed by atoms with Crippen LogP contribution in [0.3, 0.4) is 0 Å². The lowest BCUT2D eigenvalue weighted by molar-refractivity contribution is 0.598. The van der Waals surface area contributed by atoms with Crippen LogP contribution in [-0.2, 0) is 10.0 Å². The van der Waals surface area contributed by atoms with E-state index in [-0.39, 0.29) is 16.3 Å². The second-order valence-corrected chi connectivity index (χ2v) is 7.13. The van der Waals surface area contributed by atoms with Crippen molar-refractivity contribution in [2.75, 3.05) is 5.73 Å². The van der Waals surface area contributed by atoms with Gasteiger partial charge in [-0.3, -0.25) is 0 Å². The Balaban J connectivity index is 2.02. The van der Waals surface area contributed by atoms with E-state index in [2.05, 4.69) is 25.6 Å². The average molecular weight is 367 g/mol. The molecule has 0 aliphatic carbocycles. The number of nitrogens with zero attached hydrogens (tertiary/aromatic N) is 4. The van der Waals surface area contributed by atoms with Crippen LogP contribution in [0.5, 0.6) is 0 Å². The van der Waals surface area contributed by atoms with Crippen molar-refractivity contribution in [3.05, 3.63) is 48.5 Å². The van der Waals surface area contributed by atoms with E-state index in [9.17, 15) is 8.42 Å². The van der Waals surface area contributed by atoms with Gasteiger partial charge in [0.05, 0.1) is 16.0 Å². The fourth-order valence-corrected chi connectivity index (χ4v) is 3.57. The van der Waals surface area contributed by atoms with Crippen molar-refractivity contribution in [2.45, 2.75) is 4.90 Å². The Kier molecular flexibility index (Phi) is 3.63. The number of benzene rings is 2. The lowest BCUT2D eigenvalue weighted by Crippen LogP contribution is -2.14. The first-order valence-corrected chi connectivity index (χ1v) is 9.04. The lowest BCUT2D eigenvalue weighted by atomic mass is 9.97. The monoisotopic (exact) mass is 367 g/mol. The summed E-state index contributed by atoms with van der Waals surface area (Å²) in [5.41, 5.74) is 8.09. The smallest absolute Gasteiger partial charge is 0.238 e. The van der Waals surface area contributed by atoms with E-state index in [1.807, 2.05) is 24.3 Å². The predicted octanol–water partition coefficient (Wildman–Crippen LogP) is 1.31. The van der Waals surface area contributed by atoms with Gasteiger partial charge in [-0.05, 0) is 46.7 Å². The third-order valence-corrected chi connectivity index (χ3v) is 4.88. The van der Waals surface area contributed by atoms with Crippen LogP contribution in [0.1, 0.15) is 0 Å². The summed E-state index contributed by atoms with van der Waals surface area (Å²) in [6, 6.07) is 13.9. The molecule has 130 valence electrons. The Bertz CT molecular complexity index is 1220. The van der Waals surface area contributed by atoms with Gasteiger partial charge in [0.25, 0.3) is 0 Å². The van der Waals surface area contributed by atoms with E-state index in [0.717, 1.165) is 16.5 Å². The number of hydrogen-bond donors (Lipinski definition) is 3. The van der Waals surface area contributed by atoms with Gasteiger partial charge in [0, 0.05) is 5.39 Å². The summed E-state index contributed by atoms with van der Waals surface area (Å²) in [4.78, 5) is 4.18. The number of nitrogen functional groups attached to an aromatic ring is 1. The van der Waals surface area contributed by atoms with Crippen LogP contribution in [0.25, 0.3) is 33.4 Å². The largest absolute Gasteiger partial charge is 0.384 e. The van der Waals surface area contributed by atoms with Crippen molar-refractivity contribution in [1.82, 2.24) is 25.6 Å². The maximum absolute atomic E-state index is 12.1. The molecule has 0 saturated heterocycles. The van der Waals surface area contributed by atoms with Crippen LogP contribution in [0.2, 0.25) is 0 Å². The van der Waals surface area contributed by atoms with E-state index >= 15 is 0 Å². The van der Waals surface area contributed by atoms with E-state index in [0.29, 0.717) is 11.4 Å². The minimum atomic E-state index is -3.99. The highest BCUT2D eigenvalue weighted by atomic mass is 32.2. The Morgan fingerprint density at radius 2 is 1.88 bits per heavy atom. The number of hydrogen-bond acceptors (Lipinski definition) is 7. The fraction of sp³-hybridized carbons (Fsp3) is 0. The lowest BCUT2D eigenvalue weighted by Gasteiger charge is -2.12. The van der Waals surface area contributed by atoms with Gasteiger partial charge in [0.1, 0.15) is 5.82 Å². The minimum Gasteiger partial charge on any atom is -0.384 e. The molecule has 10 heteroatoms. The van der Waals surface area contributed by atoms with Gasteiger partial charge in [-0.1, -0.05) is 18.2 Å². The van der Waals surface area contributed by atoms with Crippen molar-refractivity contribution >= 4 is 26.7 Å². The van der Waals surface area contributed by atoms with E-state index in [4.69, 9.17) is 10.9 Å². The van der Waals surface area contributed by atoms with Crippen LogP contribution >= 0.6 is 0 Å². The maximum atomic E-state index is 12.1. The molecule has 2 aromatic carbocycles. The Morgan fingerprint density at radius 3 is 2.62 bits per heavy atom. The zero-order valence-corrected chi connectivity index (χ0v) is 14.1. The summed E-state index contributed by atoms with van der Waals surface area (Å²) in [7, 11) is -3.99. The summed E-state index contributed by atoms with van der Waals surface area (Å²) in [6.07, 6.45) is 0. The molecule has 0 bridgehead atoms. The SMILES string of the molecule is Nc1ccc2cc(-c3cccc(S(N)(=O)=O)c3-c3nn[nH]n3)ccc2n1. The molecule has 9 nitrogen and oxygen atoms in total. The van der Waals surface area contributed by atoms with Crippen LogP contribution in [0.4, 0.5) is 5.82 Å². The van der Waals surface area contributed by atoms with Gasteiger partial charge in [0.2, 0.25) is 15.8 Å². The van der Waals surface area contributed by atoms with Crippen LogP contribution in [0, 0.1) is 0 Å². The number of nitrogens with two attached hydrogens (primary N) is 2. The van der Waals surface area contributed by atoms with Gasteiger partial charge >= 0.3 is 0 Å². The summed E-state index contributed by atoms with van der Waals surface area (Å²) >= 11 is 0. The molecule has 0 radical (unpaired) electrons. The Hall–Kier alpha value is -3.37. The second kappa shape index (κ2) is 5.86. The van der Waals surface area contributed by atoms with Gasteiger partial charge in [0.15, 0.2) is 0 Å². The van der Waals surface area contributed by atoms with Crippen LogP contribution < -0.4 is 10.9 Å². The standard InChI is InChI=1S/C16H13N7O2S/c17-14-7-5-10-8-9(4-6-12(10)19-14)11-2-1-3-13(26(18,24)25)15(11)16-20-22-23-21-16/h1-8H,(H2,17,19)(H2,18,24,25)(H,20,21,22,23). The highest BCUT2D eigenvalue weighted by Crippen LogP contribution is 2.35. The third-order valence-electron chi connectivity index (χ3n) is 3.92. The zero-order valence-electron chi connectivity index (χ0n) is 13.3. The molecule has 5 N–H and O–H groups in total. The molecule has 0 saturated carbocycles. The zero-order chi connectivity index (χ0) is 18.3. The summed E-state index contributed by atoms with van der Waals surface area (Å²) < 4.78 is 24.1. The molecule has 2 heterocycles. The molecule has 0 aliphatic heterocycles. The number of primary sulfonamides is 1. The number of pyridine rings is 1. The van der Waals surface area contributed by atoms with Crippen molar-refractivity contribution in [2.24, 2.45) is 5.14 Å². The van der Waals surface area contributed by atoms with Crippen LogP contribution in [-0.4, -0.2) is 34.0 Å². The van der Waals surface area contributed by atoms with E-state index in [1.54, 1.807) is 18.2 Å². The molecule has 0 unspecified atom stereocenters. The quantitative estimate of drug-likeness (QED) is 0.493. The second-order valence-electron chi connectivity index (χ2n) is 5.60. The summed E-state index contributed by atoms with van der Waals surface area (Å²) in [5, 5.41) is 19.9. The first kappa shape index (κ1) is 16.1. The van der Waals surface area contributed by atoms with Gasteiger partial charge in [-0.2, -0.15) is 5.21 Å². The number of anilines is 1. The number of rotatable bonds is 3. The number of nitrogens with one attached hydrogen (secondary N) is 1. The first-order valence-electron chi connectivity index (χ1n) is 7.50. The number of fused-ring (bicyclic) bond motifs is 1. The molecule has 0 fully saturated rings. The number of tetrazole rings is 1. The molecule has 2 aromatic heterocycles.